The molecule has 1 atom stereocenters. The molecule has 16 heavy (non-hydrogen) atoms. The van der Waals surface area contributed by atoms with Crippen molar-refractivity contribution in [3.63, 3.8) is 0 Å². The van der Waals surface area contributed by atoms with Gasteiger partial charge in [0, 0.05) is 10.0 Å². The summed E-state index contributed by atoms with van der Waals surface area (Å²) >= 11 is 5.05. The molecule has 0 aliphatic rings. The molecule has 0 saturated heterocycles. The van der Waals surface area contributed by atoms with Crippen molar-refractivity contribution in [2.45, 2.75) is 20.0 Å². The first-order chi connectivity index (χ1) is 7.59. The van der Waals surface area contributed by atoms with Gasteiger partial charge in [0.05, 0.1) is 16.7 Å². The SMILES string of the molecule is Cc1nc(-c2ccccc2Br)sc1[C@@H](C)O. The monoisotopic (exact) mass is 297 g/mol. The fourth-order valence-corrected chi connectivity index (χ4v) is 3.19. The standard InChI is InChI=1S/C12H12BrNOS/c1-7-11(8(2)15)16-12(14-7)9-5-3-4-6-10(9)13/h3-6,8,15H,1-2H3/t8-/m1/s1. The van der Waals surface area contributed by atoms with Crippen LogP contribution in [-0.2, 0) is 0 Å². The van der Waals surface area contributed by atoms with Crippen molar-refractivity contribution in [1.29, 1.82) is 0 Å². The molecule has 0 bridgehead atoms. The van der Waals surface area contributed by atoms with E-state index in [1.54, 1.807) is 18.3 Å². The summed E-state index contributed by atoms with van der Waals surface area (Å²) in [5, 5.41) is 10.5. The lowest BCUT2D eigenvalue weighted by atomic mass is 10.2. The molecule has 0 aliphatic heterocycles. The largest absolute Gasteiger partial charge is 0.388 e. The fraction of sp³-hybridized carbons (Fsp3) is 0.250. The summed E-state index contributed by atoms with van der Waals surface area (Å²) in [6.07, 6.45) is -0.450. The van der Waals surface area contributed by atoms with Gasteiger partial charge in [-0.05, 0) is 19.9 Å². The Hall–Kier alpha value is -0.710. The van der Waals surface area contributed by atoms with Gasteiger partial charge in [-0.1, -0.05) is 34.1 Å². The number of rotatable bonds is 2. The Morgan fingerprint density at radius 3 is 2.62 bits per heavy atom. The van der Waals surface area contributed by atoms with Crippen molar-refractivity contribution in [1.82, 2.24) is 4.98 Å². The number of hydrogen-bond donors (Lipinski definition) is 1. The zero-order chi connectivity index (χ0) is 11.7. The van der Waals surface area contributed by atoms with Gasteiger partial charge in [-0.25, -0.2) is 4.98 Å². The second-order valence-corrected chi connectivity index (χ2v) is 5.51. The van der Waals surface area contributed by atoms with E-state index in [4.69, 9.17) is 0 Å². The highest BCUT2D eigenvalue weighted by Crippen LogP contribution is 2.35. The van der Waals surface area contributed by atoms with Crippen LogP contribution in [0.2, 0.25) is 0 Å². The average Bonchev–Trinajstić information content (AvgIpc) is 2.61. The molecular formula is C12H12BrNOS. The quantitative estimate of drug-likeness (QED) is 0.911. The number of aliphatic hydroxyl groups is 1. The van der Waals surface area contributed by atoms with E-state index in [0.717, 1.165) is 25.6 Å². The molecule has 1 aromatic heterocycles. The van der Waals surface area contributed by atoms with Crippen molar-refractivity contribution < 1.29 is 5.11 Å². The number of thiazole rings is 1. The van der Waals surface area contributed by atoms with E-state index in [9.17, 15) is 5.11 Å². The third-order valence-electron chi connectivity index (χ3n) is 2.32. The summed E-state index contributed by atoms with van der Waals surface area (Å²) in [7, 11) is 0. The molecule has 0 radical (unpaired) electrons. The maximum atomic E-state index is 9.59. The Labute approximate surface area is 107 Å². The highest BCUT2D eigenvalue weighted by molar-refractivity contribution is 9.10. The first-order valence-electron chi connectivity index (χ1n) is 5.00. The minimum absolute atomic E-state index is 0.450. The highest BCUT2D eigenvalue weighted by atomic mass is 79.9. The molecule has 0 saturated carbocycles. The average molecular weight is 298 g/mol. The number of benzene rings is 1. The smallest absolute Gasteiger partial charge is 0.125 e. The van der Waals surface area contributed by atoms with Gasteiger partial charge in [0.25, 0.3) is 0 Å². The number of nitrogens with zero attached hydrogens (tertiary/aromatic N) is 1. The van der Waals surface area contributed by atoms with E-state index in [-0.39, 0.29) is 0 Å². The molecule has 0 spiro atoms. The van der Waals surface area contributed by atoms with Gasteiger partial charge < -0.3 is 5.11 Å². The summed E-state index contributed by atoms with van der Waals surface area (Å²) in [4.78, 5) is 5.43. The Morgan fingerprint density at radius 2 is 2.06 bits per heavy atom. The van der Waals surface area contributed by atoms with Crippen molar-refractivity contribution in [3.05, 3.63) is 39.3 Å². The summed E-state index contributed by atoms with van der Waals surface area (Å²) in [6.45, 7) is 3.70. The van der Waals surface area contributed by atoms with Crippen LogP contribution in [0.1, 0.15) is 23.6 Å². The highest BCUT2D eigenvalue weighted by Gasteiger charge is 2.14. The van der Waals surface area contributed by atoms with Crippen LogP contribution in [0.3, 0.4) is 0 Å². The normalized spacial score (nSPS) is 12.8. The molecule has 2 nitrogen and oxygen atoms in total. The maximum absolute atomic E-state index is 9.59. The van der Waals surface area contributed by atoms with Crippen LogP contribution in [0.5, 0.6) is 0 Å². The molecule has 84 valence electrons. The predicted octanol–water partition coefficient (Wildman–Crippen LogP) is 3.93. The van der Waals surface area contributed by atoms with E-state index in [1.165, 1.54) is 0 Å². The molecule has 0 unspecified atom stereocenters. The summed E-state index contributed by atoms with van der Waals surface area (Å²) in [6, 6.07) is 7.98. The Morgan fingerprint density at radius 1 is 1.38 bits per heavy atom. The van der Waals surface area contributed by atoms with Crippen molar-refractivity contribution in [3.8, 4) is 10.6 Å². The Balaban J connectivity index is 2.50. The summed E-state index contributed by atoms with van der Waals surface area (Å²) in [5.41, 5.74) is 1.98. The molecule has 1 heterocycles. The molecule has 1 N–H and O–H groups in total. The van der Waals surface area contributed by atoms with Crippen LogP contribution in [0.15, 0.2) is 28.7 Å². The number of hydrogen-bond acceptors (Lipinski definition) is 3. The first-order valence-corrected chi connectivity index (χ1v) is 6.61. The second-order valence-electron chi connectivity index (χ2n) is 3.62. The van der Waals surface area contributed by atoms with Gasteiger partial charge in [-0.2, -0.15) is 0 Å². The summed E-state index contributed by atoms with van der Waals surface area (Å²) in [5.74, 6) is 0. The topological polar surface area (TPSA) is 33.1 Å². The molecule has 0 amide bonds. The predicted molar refractivity (Wildman–Crippen MR) is 70.6 cm³/mol. The van der Waals surface area contributed by atoms with Crippen LogP contribution >= 0.6 is 27.3 Å². The zero-order valence-electron chi connectivity index (χ0n) is 9.07. The van der Waals surface area contributed by atoms with Gasteiger partial charge in [0.2, 0.25) is 0 Å². The maximum Gasteiger partial charge on any atom is 0.125 e. The Kier molecular flexibility index (Phi) is 3.42. The lowest BCUT2D eigenvalue weighted by Crippen LogP contribution is -1.88. The van der Waals surface area contributed by atoms with Gasteiger partial charge in [0.15, 0.2) is 0 Å². The van der Waals surface area contributed by atoms with Gasteiger partial charge in [0.1, 0.15) is 5.01 Å². The van der Waals surface area contributed by atoms with Crippen LogP contribution in [0.4, 0.5) is 0 Å². The van der Waals surface area contributed by atoms with Gasteiger partial charge >= 0.3 is 0 Å². The van der Waals surface area contributed by atoms with E-state index in [1.807, 2.05) is 31.2 Å². The number of halogens is 1. The van der Waals surface area contributed by atoms with Crippen LogP contribution in [-0.4, -0.2) is 10.1 Å². The molecule has 4 heteroatoms. The molecular weight excluding hydrogens is 286 g/mol. The van der Waals surface area contributed by atoms with Crippen molar-refractivity contribution >= 4 is 27.3 Å². The van der Waals surface area contributed by atoms with Crippen LogP contribution in [0.25, 0.3) is 10.6 Å². The minimum Gasteiger partial charge on any atom is -0.388 e. The minimum atomic E-state index is -0.450. The molecule has 2 rings (SSSR count). The van der Waals surface area contributed by atoms with Crippen molar-refractivity contribution in [2.75, 3.05) is 0 Å². The van der Waals surface area contributed by atoms with Crippen LogP contribution in [0, 0.1) is 6.92 Å². The van der Waals surface area contributed by atoms with E-state index < -0.39 is 6.10 Å². The first kappa shape index (κ1) is 11.8. The lowest BCUT2D eigenvalue weighted by Gasteiger charge is -1.99. The van der Waals surface area contributed by atoms with Gasteiger partial charge in [-0.3, -0.25) is 0 Å². The molecule has 1 aromatic carbocycles. The van der Waals surface area contributed by atoms with Gasteiger partial charge in [-0.15, -0.1) is 11.3 Å². The second kappa shape index (κ2) is 4.65. The summed E-state index contributed by atoms with van der Waals surface area (Å²) < 4.78 is 1.03. The van der Waals surface area contributed by atoms with E-state index >= 15 is 0 Å². The lowest BCUT2D eigenvalue weighted by molar-refractivity contribution is 0.202. The number of aromatic nitrogens is 1. The zero-order valence-corrected chi connectivity index (χ0v) is 11.5. The Bertz CT molecular complexity index is 507. The third kappa shape index (κ3) is 2.19. The number of aliphatic hydroxyl groups excluding tert-OH is 1. The molecule has 2 aromatic rings. The number of aryl methyl sites for hydroxylation is 1. The van der Waals surface area contributed by atoms with E-state index in [0.29, 0.717) is 0 Å². The van der Waals surface area contributed by atoms with Crippen molar-refractivity contribution in [2.24, 2.45) is 0 Å². The molecule has 0 aliphatic carbocycles. The van der Waals surface area contributed by atoms with E-state index in [2.05, 4.69) is 20.9 Å². The fourth-order valence-electron chi connectivity index (χ4n) is 1.55. The van der Waals surface area contributed by atoms with Crippen LogP contribution < -0.4 is 0 Å². The third-order valence-corrected chi connectivity index (χ3v) is 4.37. The molecule has 0 fully saturated rings.